The zero-order valence-corrected chi connectivity index (χ0v) is 11.5. The van der Waals surface area contributed by atoms with Crippen LogP contribution < -0.4 is 5.73 Å². The summed E-state index contributed by atoms with van der Waals surface area (Å²) in [6.45, 7) is 10.4. The van der Waals surface area contributed by atoms with Crippen LogP contribution >= 0.6 is 0 Å². The normalized spacial score (nSPS) is 37.9. The van der Waals surface area contributed by atoms with E-state index in [1.165, 1.54) is 0 Å². The van der Waals surface area contributed by atoms with E-state index >= 15 is 0 Å². The summed E-state index contributed by atoms with van der Waals surface area (Å²) in [7, 11) is 0. The molecule has 2 atom stereocenters. The van der Waals surface area contributed by atoms with Gasteiger partial charge in [-0.05, 0) is 33.6 Å². The van der Waals surface area contributed by atoms with Gasteiger partial charge in [-0.3, -0.25) is 4.99 Å². The van der Waals surface area contributed by atoms with Gasteiger partial charge in [0.15, 0.2) is 5.96 Å². The third kappa shape index (κ3) is 2.03. The number of aliphatic imine (C=N–C) groups is 1. The molecule has 0 saturated carbocycles. The van der Waals surface area contributed by atoms with Gasteiger partial charge in [-0.25, -0.2) is 0 Å². The molecule has 2 rings (SSSR count). The van der Waals surface area contributed by atoms with Crippen LogP contribution in [0.2, 0.25) is 0 Å². The lowest BCUT2D eigenvalue weighted by Gasteiger charge is -2.50. The molecule has 2 N–H and O–H groups in total. The molecular weight excluding hydrogens is 214 g/mol. The predicted octanol–water partition coefficient (Wildman–Crippen LogP) is 1.74. The van der Waals surface area contributed by atoms with Crippen LogP contribution in [-0.2, 0) is 4.74 Å². The van der Waals surface area contributed by atoms with Crippen molar-refractivity contribution in [2.45, 2.75) is 64.1 Å². The number of rotatable bonds is 2. The van der Waals surface area contributed by atoms with E-state index in [4.69, 9.17) is 10.5 Å². The van der Waals surface area contributed by atoms with Gasteiger partial charge in [0.05, 0.1) is 17.7 Å². The van der Waals surface area contributed by atoms with E-state index in [0.29, 0.717) is 12.0 Å². The van der Waals surface area contributed by atoms with Crippen molar-refractivity contribution >= 4 is 5.96 Å². The van der Waals surface area contributed by atoms with Crippen LogP contribution in [0.5, 0.6) is 0 Å². The maximum Gasteiger partial charge on any atom is 0.192 e. The van der Waals surface area contributed by atoms with Crippen LogP contribution in [0.1, 0.15) is 47.0 Å². The molecule has 0 aliphatic carbocycles. The Morgan fingerprint density at radius 3 is 2.82 bits per heavy atom. The van der Waals surface area contributed by atoms with Crippen molar-refractivity contribution < 1.29 is 4.74 Å². The van der Waals surface area contributed by atoms with E-state index in [-0.39, 0.29) is 11.1 Å². The van der Waals surface area contributed by atoms with Crippen molar-refractivity contribution in [2.24, 2.45) is 10.7 Å². The standard InChI is InChI=1S/C13H25N3O/c1-5-12(4)8-13(6-7-17-12)9-15-11(14)16(13)10(2)3/h10H,5-9H2,1-4H3,(H2,14,15). The Morgan fingerprint density at radius 2 is 2.24 bits per heavy atom. The average molecular weight is 239 g/mol. The molecule has 0 amide bonds. The molecule has 98 valence electrons. The Kier molecular flexibility index (Phi) is 3.10. The van der Waals surface area contributed by atoms with Gasteiger partial charge >= 0.3 is 0 Å². The van der Waals surface area contributed by atoms with Gasteiger partial charge in [-0.1, -0.05) is 6.92 Å². The Bertz CT molecular complexity index is 329. The highest BCUT2D eigenvalue weighted by Gasteiger charge is 2.50. The van der Waals surface area contributed by atoms with Gasteiger partial charge in [-0.15, -0.1) is 0 Å². The second-order valence-electron chi connectivity index (χ2n) is 5.94. The summed E-state index contributed by atoms with van der Waals surface area (Å²) in [6.07, 6.45) is 3.10. The SMILES string of the molecule is CCC1(C)CC2(CCO1)CN=C(N)N2C(C)C. The largest absolute Gasteiger partial charge is 0.375 e. The third-order valence-corrected chi connectivity index (χ3v) is 4.28. The van der Waals surface area contributed by atoms with Crippen molar-refractivity contribution in [1.82, 2.24) is 4.90 Å². The molecule has 0 aromatic rings. The van der Waals surface area contributed by atoms with Crippen LogP contribution in [0.15, 0.2) is 4.99 Å². The molecule has 0 bridgehead atoms. The van der Waals surface area contributed by atoms with E-state index in [1.807, 2.05) is 0 Å². The van der Waals surface area contributed by atoms with Gasteiger partial charge in [0.1, 0.15) is 0 Å². The molecule has 2 aliphatic heterocycles. The summed E-state index contributed by atoms with van der Waals surface area (Å²) in [5.41, 5.74) is 6.13. The molecule has 17 heavy (non-hydrogen) atoms. The Morgan fingerprint density at radius 1 is 1.53 bits per heavy atom. The van der Waals surface area contributed by atoms with Crippen LogP contribution in [0.3, 0.4) is 0 Å². The average Bonchev–Trinajstić information content (AvgIpc) is 2.55. The molecule has 1 saturated heterocycles. The van der Waals surface area contributed by atoms with Crippen molar-refractivity contribution in [2.75, 3.05) is 13.2 Å². The zero-order valence-electron chi connectivity index (χ0n) is 11.5. The van der Waals surface area contributed by atoms with Gasteiger partial charge in [0, 0.05) is 19.1 Å². The first kappa shape index (κ1) is 12.7. The molecule has 4 nitrogen and oxygen atoms in total. The van der Waals surface area contributed by atoms with E-state index in [9.17, 15) is 0 Å². The Balaban J connectivity index is 2.25. The van der Waals surface area contributed by atoms with Gasteiger partial charge in [0.2, 0.25) is 0 Å². The highest BCUT2D eigenvalue weighted by molar-refractivity contribution is 5.81. The molecule has 2 unspecified atom stereocenters. The first-order chi connectivity index (χ1) is 7.92. The number of hydrogen-bond acceptors (Lipinski definition) is 4. The third-order valence-electron chi connectivity index (χ3n) is 4.28. The topological polar surface area (TPSA) is 50.9 Å². The molecule has 0 aromatic heterocycles. The first-order valence-corrected chi connectivity index (χ1v) is 6.66. The van der Waals surface area contributed by atoms with Crippen LogP contribution in [0.4, 0.5) is 0 Å². The Hall–Kier alpha value is -0.770. The number of hydrogen-bond donors (Lipinski definition) is 1. The maximum atomic E-state index is 6.05. The molecular formula is C13H25N3O. The lowest BCUT2D eigenvalue weighted by Crippen LogP contribution is -2.60. The monoisotopic (exact) mass is 239 g/mol. The van der Waals surface area contributed by atoms with Gasteiger partial charge < -0.3 is 15.4 Å². The highest BCUT2D eigenvalue weighted by Crippen LogP contribution is 2.41. The molecule has 4 heteroatoms. The maximum absolute atomic E-state index is 6.05. The fourth-order valence-corrected chi connectivity index (χ4v) is 3.33. The second-order valence-corrected chi connectivity index (χ2v) is 5.94. The summed E-state index contributed by atoms with van der Waals surface area (Å²) >= 11 is 0. The Labute approximate surface area is 104 Å². The minimum absolute atomic E-state index is 0.0223. The van der Waals surface area contributed by atoms with Crippen molar-refractivity contribution in [3.63, 3.8) is 0 Å². The lowest BCUT2D eigenvalue weighted by atomic mass is 9.78. The van der Waals surface area contributed by atoms with Gasteiger partial charge in [0.25, 0.3) is 0 Å². The van der Waals surface area contributed by atoms with Crippen LogP contribution in [0, 0.1) is 0 Å². The minimum atomic E-state index is -0.0223. The molecule has 1 fully saturated rings. The predicted molar refractivity (Wildman–Crippen MR) is 70.1 cm³/mol. The van der Waals surface area contributed by atoms with Crippen molar-refractivity contribution in [1.29, 1.82) is 0 Å². The van der Waals surface area contributed by atoms with E-state index in [0.717, 1.165) is 32.4 Å². The zero-order chi connectivity index (χ0) is 12.7. The van der Waals surface area contributed by atoms with E-state index in [1.54, 1.807) is 0 Å². The van der Waals surface area contributed by atoms with Crippen molar-refractivity contribution in [3.8, 4) is 0 Å². The summed E-state index contributed by atoms with van der Waals surface area (Å²) < 4.78 is 5.95. The van der Waals surface area contributed by atoms with E-state index in [2.05, 4.69) is 37.6 Å². The van der Waals surface area contributed by atoms with Crippen LogP contribution in [0.25, 0.3) is 0 Å². The fraction of sp³-hybridized carbons (Fsp3) is 0.923. The summed E-state index contributed by atoms with van der Waals surface area (Å²) in [6, 6.07) is 0.403. The van der Waals surface area contributed by atoms with E-state index < -0.39 is 0 Å². The molecule has 2 aliphatic rings. The summed E-state index contributed by atoms with van der Waals surface area (Å²) in [5, 5.41) is 0. The summed E-state index contributed by atoms with van der Waals surface area (Å²) in [5.74, 6) is 0.709. The molecule has 0 radical (unpaired) electrons. The number of ether oxygens (including phenoxy) is 1. The van der Waals surface area contributed by atoms with Gasteiger partial charge in [-0.2, -0.15) is 0 Å². The van der Waals surface area contributed by atoms with Crippen LogP contribution in [-0.4, -0.2) is 41.2 Å². The lowest BCUT2D eigenvalue weighted by molar-refractivity contribution is -0.117. The first-order valence-electron chi connectivity index (χ1n) is 6.66. The quantitative estimate of drug-likeness (QED) is 0.798. The molecule has 2 heterocycles. The number of nitrogens with zero attached hydrogens (tertiary/aromatic N) is 2. The molecule has 1 spiro atoms. The second kappa shape index (κ2) is 4.16. The summed E-state index contributed by atoms with van der Waals surface area (Å²) in [4.78, 5) is 6.79. The smallest absolute Gasteiger partial charge is 0.192 e. The number of guanidine groups is 1. The minimum Gasteiger partial charge on any atom is -0.375 e. The highest BCUT2D eigenvalue weighted by atomic mass is 16.5. The fourth-order valence-electron chi connectivity index (χ4n) is 3.33. The van der Waals surface area contributed by atoms with Crippen molar-refractivity contribution in [3.05, 3.63) is 0 Å². The number of nitrogens with two attached hydrogens (primary N) is 1. The molecule has 0 aromatic carbocycles.